The van der Waals surface area contributed by atoms with Gasteiger partial charge in [-0.05, 0) is 24.3 Å². The van der Waals surface area contributed by atoms with Gasteiger partial charge in [-0.2, -0.15) is 0 Å². The molecule has 0 aliphatic carbocycles. The lowest BCUT2D eigenvalue weighted by Gasteiger charge is -2.23. The summed E-state index contributed by atoms with van der Waals surface area (Å²) in [5.41, 5.74) is 2.71. The van der Waals surface area contributed by atoms with Crippen molar-refractivity contribution < 1.29 is 9.47 Å². The highest BCUT2D eigenvalue weighted by Gasteiger charge is 2.12. The fourth-order valence-corrected chi connectivity index (χ4v) is 3.38. The van der Waals surface area contributed by atoms with E-state index in [0.29, 0.717) is 29.1 Å². The summed E-state index contributed by atoms with van der Waals surface area (Å²) < 4.78 is 10.8. The van der Waals surface area contributed by atoms with E-state index in [4.69, 9.17) is 32.7 Å². The van der Waals surface area contributed by atoms with Crippen LogP contribution in [0.2, 0.25) is 0 Å². The van der Waals surface area contributed by atoms with Crippen molar-refractivity contribution in [1.29, 1.82) is 0 Å². The largest absolute Gasteiger partial charge is 0.493 e. The molecule has 0 saturated carbocycles. The first-order valence-electron chi connectivity index (χ1n) is 8.81. The van der Waals surface area contributed by atoms with Crippen molar-refractivity contribution >= 4 is 63.7 Å². The smallest absolute Gasteiger partial charge is 0.162 e. The molecule has 6 nitrogen and oxygen atoms in total. The Balaban J connectivity index is 0.00000300. The van der Waals surface area contributed by atoms with Crippen LogP contribution >= 0.6 is 35.6 Å². The molecule has 1 aromatic heterocycles. The van der Waals surface area contributed by atoms with Gasteiger partial charge in [-0.15, -0.1) is 35.6 Å². The van der Waals surface area contributed by atoms with Crippen LogP contribution in [0.5, 0.6) is 11.5 Å². The zero-order valence-electron chi connectivity index (χ0n) is 16.2. The standard InChI is InChI=1S/C20H22Cl2N4O2.ClH/c1-27-18-11-16-17(12-19(18)28-2)23-13-24-20(16)25-14-4-3-5-15(10-14)26(8-6-21)9-7-22;/h3-5,10-13H,6-9H2,1-2H3,(H,23,24,25);1H. The van der Waals surface area contributed by atoms with Gasteiger partial charge in [-0.25, -0.2) is 9.97 Å². The Labute approximate surface area is 186 Å². The number of benzene rings is 2. The summed E-state index contributed by atoms with van der Waals surface area (Å²) in [6.07, 6.45) is 1.52. The van der Waals surface area contributed by atoms with E-state index >= 15 is 0 Å². The van der Waals surface area contributed by atoms with Crippen LogP contribution in [0.3, 0.4) is 0 Å². The van der Waals surface area contributed by atoms with Crippen LogP contribution in [0, 0.1) is 0 Å². The number of methoxy groups -OCH3 is 2. The number of hydrogen-bond donors (Lipinski definition) is 1. The maximum absolute atomic E-state index is 5.93. The number of hydrogen-bond acceptors (Lipinski definition) is 6. The molecule has 0 bridgehead atoms. The van der Waals surface area contributed by atoms with Crippen LogP contribution in [0.15, 0.2) is 42.7 Å². The summed E-state index contributed by atoms with van der Waals surface area (Å²) >= 11 is 11.9. The van der Waals surface area contributed by atoms with Crippen molar-refractivity contribution in [3.63, 3.8) is 0 Å². The Morgan fingerprint density at radius 3 is 2.31 bits per heavy atom. The molecule has 0 saturated heterocycles. The lowest BCUT2D eigenvalue weighted by atomic mass is 10.2. The lowest BCUT2D eigenvalue weighted by Crippen LogP contribution is -2.27. The number of nitrogens with zero attached hydrogens (tertiary/aromatic N) is 3. The van der Waals surface area contributed by atoms with Crippen LogP contribution < -0.4 is 19.7 Å². The normalized spacial score (nSPS) is 10.3. The number of nitrogens with one attached hydrogen (secondary N) is 1. The van der Waals surface area contributed by atoms with Crippen LogP contribution in [0.4, 0.5) is 17.2 Å². The number of fused-ring (bicyclic) bond motifs is 1. The first-order chi connectivity index (χ1) is 13.7. The van der Waals surface area contributed by atoms with E-state index in [9.17, 15) is 0 Å². The molecule has 0 amide bonds. The fourth-order valence-electron chi connectivity index (χ4n) is 2.97. The Morgan fingerprint density at radius 1 is 0.966 bits per heavy atom. The minimum atomic E-state index is 0. The van der Waals surface area contributed by atoms with Gasteiger partial charge in [0.05, 0.1) is 19.7 Å². The summed E-state index contributed by atoms with van der Waals surface area (Å²) in [5, 5.41) is 4.21. The third-order valence-corrected chi connectivity index (χ3v) is 4.66. The maximum Gasteiger partial charge on any atom is 0.162 e. The number of ether oxygens (including phenoxy) is 2. The molecule has 0 radical (unpaired) electrons. The van der Waals surface area contributed by atoms with E-state index in [-0.39, 0.29) is 12.4 Å². The summed E-state index contributed by atoms with van der Waals surface area (Å²) in [4.78, 5) is 10.9. The summed E-state index contributed by atoms with van der Waals surface area (Å²) in [7, 11) is 3.20. The molecule has 0 aliphatic rings. The molecular formula is C20H23Cl3N4O2. The van der Waals surface area contributed by atoms with Gasteiger partial charge in [0.1, 0.15) is 12.1 Å². The molecule has 0 unspecified atom stereocenters. The second-order valence-corrected chi connectivity index (χ2v) is 6.74. The zero-order chi connectivity index (χ0) is 19.9. The fraction of sp³-hybridized carbons (Fsp3) is 0.300. The van der Waals surface area contributed by atoms with E-state index in [1.165, 1.54) is 6.33 Å². The minimum Gasteiger partial charge on any atom is -0.493 e. The second kappa shape index (κ2) is 11.1. The quantitative estimate of drug-likeness (QED) is 0.451. The SMILES string of the molecule is COc1cc2ncnc(Nc3cccc(N(CCCl)CCCl)c3)c2cc1OC.Cl. The van der Waals surface area contributed by atoms with Gasteiger partial charge >= 0.3 is 0 Å². The molecule has 0 atom stereocenters. The molecule has 0 spiro atoms. The highest BCUT2D eigenvalue weighted by atomic mass is 35.5. The van der Waals surface area contributed by atoms with Crippen LogP contribution in [0.1, 0.15) is 0 Å². The van der Waals surface area contributed by atoms with Gasteiger partial charge in [-0.3, -0.25) is 0 Å². The van der Waals surface area contributed by atoms with E-state index in [2.05, 4.69) is 20.2 Å². The van der Waals surface area contributed by atoms with Crippen molar-refractivity contribution in [1.82, 2.24) is 9.97 Å². The predicted octanol–water partition coefficient (Wildman–Crippen LogP) is 5.10. The molecule has 0 aliphatic heterocycles. The Hall–Kier alpha value is -2.15. The van der Waals surface area contributed by atoms with Crippen LogP contribution in [-0.2, 0) is 0 Å². The van der Waals surface area contributed by atoms with Crippen molar-refractivity contribution in [3.8, 4) is 11.5 Å². The molecule has 156 valence electrons. The average molecular weight is 458 g/mol. The molecule has 9 heteroatoms. The van der Waals surface area contributed by atoms with E-state index in [1.807, 2.05) is 36.4 Å². The highest BCUT2D eigenvalue weighted by molar-refractivity contribution is 6.18. The van der Waals surface area contributed by atoms with E-state index in [1.54, 1.807) is 14.2 Å². The summed E-state index contributed by atoms with van der Waals surface area (Å²) in [6, 6.07) is 11.8. The van der Waals surface area contributed by atoms with Gasteiger partial charge in [-0.1, -0.05) is 6.07 Å². The number of alkyl halides is 2. The Bertz CT molecular complexity index is 937. The van der Waals surface area contributed by atoms with Crippen LogP contribution in [0.25, 0.3) is 10.9 Å². The third-order valence-electron chi connectivity index (χ3n) is 4.32. The van der Waals surface area contributed by atoms with Crippen molar-refractivity contribution in [2.75, 3.05) is 49.3 Å². The highest BCUT2D eigenvalue weighted by Crippen LogP contribution is 2.34. The molecule has 0 fully saturated rings. The van der Waals surface area contributed by atoms with Crippen molar-refractivity contribution in [3.05, 3.63) is 42.7 Å². The Morgan fingerprint density at radius 2 is 1.66 bits per heavy atom. The second-order valence-electron chi connectivity index (χ2n) is 5.99. The van der Waals surface area contributed by atoms with E-state index < -0.39 is 0 Å². The molecular weight excluding hydrogens is 435 g/mol. The first-order valence-corrected chi connectivity index (χ1v) is 9.87. The topological polar surface area (TPSA) is 59.5 Å². The number of anilines is 3. The lowest BCUT2D eigenvalue weighted by molar-refractivity contribution is 0.356. The molecule has 3 rings (SSSR count). The third kappa shape index (κ3) is 5.47. The number of rotatable bonds is 9. The minimum absolute atomic E-state index is 0. The average Bonchev–Trinajstić information content (AvgIpc) is 2.73. The first kappa shape index (κ1) is 23.1. The molecule has 1 N–H and O–H groups in total. The van der Waals surface area contributed by atoms with Crippen LogP contribution in [-0.4, -0.2) is 49.0 Å². The number of aromatic nitrogens is 2. The van der Waals surface area contributed by atoms with Gasteiger partial charge < -0.3 is 19.7 Å². The monoisotopic (exact) mass is 456 g/mol. The van der Waals surface area contributed by atoms with Gasteiger partial charge in [0, 0.05) is 47.7 Å². The van der Waals surface area contributed by atoms with Crippen molar-refractivity contribution in [2.24, 2.45) is 0 Å². The molecule has 3 aromatic rings. The predicted molar refractivity (Wildman–Crippen MR) is 123 cm³/mol. The summed E-state index contributed by atoms with van der Waals surface area (Å²) in [6.45, 7) is 1.45. The Kier molecular flexibility index (Phi) is 8.89. The maximum atomic E-state index is 5.93. The molecule has 29 heavy (non-hydrogen) atoms. The van der Waals surface area contributed by atoms with Gasteiger partial charge in [0.15, 0.2) is 11.5 Å². The molecule has 2 aromatic carbocycles. The van der Waals surface area contributed by atoms with Gasteiger partial charge in [0.25, 0.3) is 0 Å². The zero-order valence-corrected chi connectivity index (χ0v) is 18.5. The molecule has 1 heterocycles. The van der Waals surface area contributed by atoms with Gasteiger partial charge in [0.2, 0.25) is 0 Å². The summed E-state index contributed by atoms with van der Waals surface area (Å²) in [5.74, 6) is 3.00. The van der Waals surface area contributed by atoms with Crippen molar-refractivity contribution in [2.45, 2.75) is 0 Å². The van der Waals surface area contributed by atoms with E-state index in [0.717, 1.165) is 35.4 Å². The number of halogens is 3.